The molecule has 0 aliphatic rings. The molecule has 0 saturated carbocycles. The first-order valence-electron chi connectivity index (χ1n) is 8.37. The first-order chi connectivity index (χ1) is 12.7. The van der Waals surface area contributed by atoms with Crippen LogP contribution in [-0.2, 0) is 5.32 Å². The number of hydrogen-bond acceptors (Lipinski definition) is 2. The Bertz CT molecular complexity index is 866. The number of benzene rings is 3. The van der Waals surface area contributed by atoms with Gasteiger partial charge in [0.05, 0.1) is 0 Å². The number of rotatable bonds is 6. The zero-order valence-electron chi connectivity index (χ0n) is 14.9. The van der Waals surface area contributed by atoms with E-state index in [9.17, 15) is 4.79 Å². The van der Waals surface area contributed by atoms with Crippen LogP contribution in [0.25, 0.3) is 0 Å². The van der Waals surface area contributed by atoms with Crippen LogP contribution in [0, 0.1) is 0 Å². The Morgan fingerprint density at radius 1 is 0.923 bits per heavy atom. The summed E-state index contributed by atoms with van der Waals surface area (Å²) < 4.78 is 6.57. The van der Waals surface area contributed by atoms with E-state index < -0.39 is 0 Å². The zero-order valence-corrected chi connectivity index (χ0v) is 16.6. The second-order valence-corrected chi connectivity index (χ2v) is 7.88. The average molecular weight is 410 g/mol. The van der Waals surface area contributed by atoms with Gasteiger partial charge in [0.25, 0.3) is 0 Å². The molecule has 0 aromatic heterocycles. The minimum atomic E-state index is -0.0139. The van der Waals surface area contributed by atoms with Crippen molar-refractivity contribution in [2.24, 2.45) is 0 Å². The van der Waals surface area contributed by atoms with Gasteiger partial charge in [0.15, 0.2) is 0 Å². The Morgan fingerprint density at radius 2 is 1.58 bits per heavy atom. The third kappa shape index (κ3) is 4.16. The third-order valence-corrected chi connectivity index (χ3v) is 6.59. The number of ether oxygens (including phenoxy) is 1. The summed E-state index contributed by atoms with van der Waals surface area (Å²) >= 11 is 0.0937. The fourth-order valence-corrected chi connectivity index (χ4v) is 5.00. The number of carbonyl (C=O) groups excluding carboxylic acids is 1. The van der Waals surface area contributed by atoms with Crippen LogP contribution >= 0.6 is 0 Å². The minimum absolute atomic E-state index is 0.0139. The zero-order chi connectivity index (χ0) is 18.4. The summed E-state index contributed by atoms with van der Waals surface area (Å²) in [5, 5.41) is 0.920. The summed E-state index contributed by atoms with van der Waals surface area (Å²) in [5.74, 6) is 0.772. The molecule has 0 saturated heterocycles. The third-order valence-electron chi connectivity index (χ3n) is 4.10. The second-order valence-electron chi connectivity index (χ2n) is 5.81. The Labute approximate surface area is 160 Å². The molecule has 0 unspecified atom stereocenters. The van der Waals surface area contributed by atoms with Gasteiger partial charge >= 0.3 is 161 Å². The molecule has 0 spiro atoms. The van der Waals surface area contributed by atoms with Gasteiger partial charge in [0.1, 0.15) is 0 Å². The van der Waals surface area contributed by atoms with Gasteiger partial charge < -0.3 is 0 Å². The molecule has 132 valence electrons. The molecular formula is C22H21NO2Se. The van der Waals surface area contributed by atoms with E-state index in [0.717, 1.165) is 21.2 Å². The molecule has 0 fully saturated rings. The van der Waals surface area contributed by atoms with E-state index in [2.05, 4.69) is 12.1 Å². The number of amides is 1. The van der Waals surface area contributed by atoms with Crippen molar-refractivity contribution in [3.8, 4) is 5.75 Å². The average Bonchev–Trinajstić information content (AvgIpc) is 2.72. The normalized spacial score (nSPS) is 10.4. The molecule has 4 heteroatoms. The molecule has 3 rings (SSSR count). The van der Waals surface area contributed by atoms with Gasteiger partial charge in [-0.1, -0.05) is 0 Å². The molecule has 3 nitrogen and oxygen atoms in total. The summed E-state index contributed by atoms with van der Waals surface area (Å²) in [6, 6.07) is 25.7. The molecule has 0 bridgehead atoms. The van der Waals surface area contributed by atoms with E-state index in [1.807, 2.05) is 73.8 Å². The number of hydrogen-bond donors (Lipinski definition) is 0. The molecule has 0 aliphatic heterocycles. The molecule has 0 radical (unpaired) electrons. The van der Waals surface area contributed by atoms with Crippen molar-refractivity contribution in [1.82, 2.24) is 0 Å². The second kappa shape index (κ2) is 8.70. The summed E-state index contributed by atoms with van der Waals surface area (Å²) in [6.07, 6.45) is 0. The van der Waals surface area contributed by atoms with Crippen molar-refractivity contribution < 1.29 is 9.53 Å². The van der Waals surface area contributed by atoms with Gasteiger partial charge in [-0.15, -0.1) is 0 Å². The summed E-state index contributed by atoms with van der Waals surface area (Å²) in [7, 11) is 3.47. The standard InChI is InChI=1S/C22H21NO2Se/c1-23(18-12-7-4-8-13-18)22(24)19-14-9-15-20(25-2)21(19)26-16-17-10-5-3-6-11-17/h3-15H,16H2,1-2H3. The van der Waals surface area contributed by atoms with Gasteiger partial charge in [0, 0.05) is 0 Å². The van der Waals surface area contributed by atoms with E-state index in [1.54, 1.807) is 12.0 Å². The van der Waals surface area contributed by atoms with Gasteiger partial charge in [0.2, 0.25) is 0 Å². The van der Waals surface area contributed by atoms with E-state index in [-0.39, 0.29) is 20.9 Å². The fourth-order valence-electron chi connectivity index (χ4n) is 2.67. The Kier molecular flexibility index (Phi) is 6.11. The number of methoxy groups -OCH3 is 1. The molecule has 26 heavy (non-hydrogen) atoms. The van der Waals surface area contributed by atoms with Crippen LogP contribution in [0.5, 0.6) is 5.75 Å². The maximum atomic E-state index is 13.1. The maximum absolute atomic E-state index is 13.1. The molecule has 3 aromatic rings. The quantitative estimate of drug-likeness (QED) is 0.583. The van der Waals surface area contributed by atoms with Crippen molar-refractivity contribution in [3.63, 3.8) is 0 Å². The number of nitrogens with zero attached hydrogens (tertiary/aromatic N) is 1. The van der Waals surface area contributed by atoms with Crippen molar-refractivity contribution in [2.45, 2.75) is 5.32 Å². The Balaban J connectivity index is 1.90. The van der Waals surface area contributed by atoms with Crippen LogP contribution in [0.2, 0.25) is 0 Å². The van der Waals surface area contributed by atoms with E-state index in [4.69, 9.17) is 4.74 Å². The van der Waals surface area contributed by atoms with E-state index in [1.165, 1.54) is 5.56 Å². The Hall–Kier alpha value is -2.55. The monoisotopic (exact) mass is 411 g/mol. The molecule has 0 heterocycles. The van der Waals surface area contributed by atoms with Crippen LogP contribution < -0.4 is 14.1 Å². The van der Waals surface area contributed by atoms with Crippen LogP contribution in [0.15, 0.2) is 78.9 Å². The van der Waals surface area contributed by atoms with Crippen LogP contribution in [-0.4, -0.2) is 35.0 Å². The van der Waals surface area contributed by atoms with Crippen molar-refractivity contribution in [3.05, 3.63) is 90.0 Å². The first-order valence-corrected chi connectivity index (χ1v) is 10.4. The molecule has 3 aromatic carbocycles. The summed E-state index contributed by atoms with van der Waals surface area (Å²) in [6.45, 7) is 0. The van der Waals surface area contributed by atoms with Gasteiger partial charge in [-0.05, 0) is 0 Å². The van der Waals surface area contributed by atoms with Gasteiger partial charge in [-0.2, -0.15) is 0 Å². The molecule has 0 aliphatic carbocycles. The van der Waals surface area contributed by atoms with Crippen molar-refractivity contribution in [2.75, 3.05) is 19.1 Å². The Morgan fingerprint density at radius 3 is 2.23 bits per heavy atom. The number of para-hydroxylation sites is 1. The molecule has 1 amide bonds. The molecular weight excluding hydrogens is 389 g/mol. The number of anilines is 1. The van der Waals surface area contributed by atoms with E-state index in [0.29, 0.717) is 5.56 Å². The summed E-state index contributed by atoms with van der Waals surface area (Å²) in [4.78, 5) is 14.8. The van der Waals surface area contributed by atoms with Gasteiger partial charge in [-0.25, -0.2) is 0 Å². The number of carbonyl (C=O) groups is 1. The topological polar surface area (TPSA) is 29.5 Å². The predicted molar refractivity (Wildman–Crippen MR) is 108 cm³/mol. The first kappa shape index (κ1) is 18.2. The summed E-state index contributed by atoms with van der Waals surface area (Å²) in [5.41, 5.74) is 2.86. The van der Waals surface area contributed by atoms with Crippen molar-refractivity contribution >= 4 is 31.0 Å². The van der Waals surface area contributed by atoms with Crippen molar-refractivity contribution in [1.29, 1.82) is 0 Å². The predicted octanol–water partition coefficient (Wildman–Crippen LogP) is 3.50. The van der Waals surface area contributed by atoms with Gasteiger partial charge in [-0.3, -0.25) is 0 Å². The van der Waals surface area contributed by atoms with E-state index >= 15 is 0 Å². The SMILES string of the molecule is COc1cccc(C(=O)N(C)c2ccccc2)c1[Se]Cc1ccccc1. The molecule has 0 N–H and O–H groups in total. The fraction of sp³-hybridized carbons (Fsp3) is 0.136. The molecule has 0 atom stereocenters. The van der Waals surface area contributed by atoms with Crippen LogP contribution in [0.3, 0.4) is 0 Å². The van der Waals surface area contributed by atoms with Crippen LogP contribution in [0.1, 0.15) is 15.9 Å². The van der Waals surface area contributed by atoms with Crippen LogP contribution in [0.4, 0.5) is 5.69 Å².